The molecule has 0 aliphatic heterocycles. The number of para-hydroxylation sites is 1. The molecule has 9 heteroatoms. The van der Waals surface area contributed by atoms with Gasteiger partial charge in [-0.05, 0) is 75.1 Å². The largest absolute Gasteiger partial charge is 0.453 e. The smallest absolute Gasteiger partial charge is 0.398 e. The van der Waals surface area contributed by atoms with Crippen LogP contribution < -0.4 is 10.7 Å². The summed E-state index contributed by atoms with van der Waals surface area (Å²) in [7, 11) is 0. The van der Waals surface area contributed by atoms with Gasteiger partial charge in [-0.25, -0.2) is 15.4 Å². The third-order valence-corrected chi connectivity index (χ3v) is 7.88. The lowest BCUT2D eigenvalue weighted by Crippen LogP contribution is -2.40. The SMILES string of the molecule is CCCCCN(N)C(=O)C(C)c1ccc(N(C(=O)C(=O)OC(C)(C)C)c2ccccc2C(=O)OC(c2ccccc2)c2ccccc2)cc1. The number of hydrogen-bond donors (Lipinski definition) is 1. The van der Waals surface area contributed by atoms with Gasteiger partial charge in [-0.15, -0.1) is 0 Å². The summed E-state index contributed by atoms with van der Waals surface area (Å²) in [6.07, 6.45) is 2.06. The van der Waals surface area contributed by atoms with Gasteiger partial charge in [0.2, 0.25) is 5.91 Å². The Hall–Kier alpha value is -5.28. The number of unbranched alkanes of at least 4 members (excludes halogenated alkanes) is 2. The number of carbonyl (C=O) groups excluding carboxylic acids is 4. The zero-order valence-corrected chi connectivity index (χ0v) is 28.8. The summed E-state index contributed by atoms with van der Waals surface area (Å²) in [6.45, 7) is 9.29. The second kappa shape index (κ2) is 16.7. The number of anilines is 2. The van der Waals surface area contributed by atoms with E-state index in [0.717, 1.165) is 35.3 Å². The van der Waals surface area contributed by atoms with E-state index < -0.39 is 35.5 Å². The minimum atomic E-state index is -1.10. The van der Waals surface area contributed by atoms with Gasteiger partial charge in [-0.3, -0.25) is 19.5 Å². The highest BCUT2D eigenvalue weighted by molar-refractivity contribution is 6.40. The van der Waals surface area contributed by atoms with Crippen LogP contribution in [0.15, 0.2) is 109 Å². The molecule has 1 atom stereocenters. The van der Waals surface area contributed by atoms with Gasteiger partial charge in [0, 0.05) is 12.2 Å². The topological polar surface area (TPSA) is 119 Å². The molecule has 0 aromatic heterocycles. The predicted octanol–water partition coefficient (Wildman–Crippen LogP) is 7.64. The molecule has 0 saturated carbocycles. The maximum Gasteiger partial charge on any atom is 0.398 e. The lowest BCUT2D eigenvalue weighted by Gasteiger charge is -2.27. The number of carbonyl (C=O) groups is 4. The fourth-order valence-electron chi connectivity index (χ4n) is 5.32. The Kier molecular flexibility index (Phi) is 12.5. The van der Waals surface area contributed by atoms with Crippen LogP contribution in [0.5, 0.6) is 0 Å². The van der Waals surface area contributed by atoms with Crippen LogP contribution in [0.3, 0.4) is 0 Å². The average molecular weight is 664 g/mol. The number of nitrogens with two attached hydrogens (primary N) is 1. The number of benzene rings is 4. The van der Waals surface area contributed by atoms with E-state index in [2.05, 4.69) is 6.92 Å². The van der Waals surface area contributed by atoms with Crippen LogP contribution in [0.2, 0.25) is 0 Å². The van der Waals surface area contributed by atoms with E-state index in [4.69, 9.17) is 15.3 Å². The van der Waals surface area contributed by atoms with Crippen molar-refractivity contribution in [2.75, 3.05) is 11.4 Å². The van der Waals surface area contributed by atoms with E-state index in [1.807, 2.05) is 60.7 Å². The molecular formula is C40H45N3O6. The lowest BCUT2D eigenvalue weighted by molar-refractivity contribution is -0.162. The first-order valence-corrected chi connectivity index (χ1v) is 16.5. The van der Waals surface area contributed by atoms with Crippen LogP contribution in [0.25, 0.3) is 0 Å². The molecule has 0 saturated heterocycles. The quantitative estimate of drug-likeness (QED) is 0.0413. The Morgan fingerprint density at radius 2 is 1.29 bits per heavy atom. The fraction of sp³-hybridized carbons (Fsp3) is 0.300. The van der Waals surface area contributed by atoms with Gasteiger partial charge in [0.25, 0.3) is 0 Å². The van der Waals surface area contributed by atoms with Gasteiger partial charge in [0.05, 0.1) is 17.2 Å². The number of esters is 2. The molecule has 4 aromatic carbocycles. The van der Waals surface area contributed by atoms with E-state index in [1.54, 1.807) is 76.2 Å². The minimum absolute atomic E-state index is 0.0646. The average Bonchev–Trinajstić information content (AvgIpc) is 3.10. The fourth-order valence-corrected chi connectivity index (χ4v) is 5.32. The summed E-state index contributed by atoms with van der Waals surface area (Å²) in [5.41, 5.74) is 1.74. The molecule has 9 nitrogen and oxygen atoms in total. The molecule has 2 N–H and O–H groups in total. The monoisotopic (exact) mass is 663 g/mol. The van der Waals surface area contributed by atoms with Crippen molar-refractivity contribution < 1.29 is 28.7 Å². The molecule has 2 amide bonds. The maximum absolute atomic E-state index is 14.0. The van der Waals surface area contributed by atoms with E-state index in [-0.39, 0.29) is 22.8 Å². The van der Waals surface area contributed by atoms with Crippen molar-refractivity contribution in [2.24, 2.45) is 5.84 Å². The van der Waals surface area contributed by atoms with Crippen LogP contribution in [-0.2, 0) is 23.9 Å². The maximum atomic E-state index is 14.0. The Morgan fingerprint density at radius 1 is 0.735 bits per heavy atom. The molecule has 0 aliphatic rings. The summed E-state index contributed by atoms with van der Waals surface area (Å²) in [5.74, 6) is 2.49. The highest BCUT2D eigenvalue weighted by atomic mass is 16.6. The van der Waals surface area contributed by atoms with Gasteiger partial charge < -0.3 is 9.47 Å². The van der Waals surface area contributed by atoms with Gasteiger partial charge in [-0.1, -0.05) is 105 Å². The number of nitrogens with zero attached hydrogens (tertiary/aromatic N) is 2. The molecule has 0 aliphatic carbocycles. The number of ether oxygens (including phenoxy) is 2. The van der Waals surface area contributed by atoms with Gasteiger partial charge in [0.1, 0.15) is 5.60 Å². The molecule has 1 unspecified atom stereocenters. The zero-order chi connectivity index (χ0) is 35.6. The normalized spacial score (nSPS) is 11.8. The summed E-state index contributed by atoms with van der Waals surface area (Å²) in [6, 6.07) is 31.8. The van der Waals surface area contributed by atoms with Gasteiger partial charge >= 0.3 is 17.8 Å². The van der Waals surface area contributed by atoms with Crippen LogP contribution in [-0.4, -0.2) is 40.9 Å². The Bertz CT molecular complexity index is 1680. The number of hydrogen-bond acceptors (Lipinski definition) is 7. The molecule has 0 radical (unpaired) electrons. The molecule has 4 rings (SSSR count). The lowest BCUT2D eigenvalue weighted by atomic mass is 9.99. The van der Waals surface area contributed by atoms with E-state index in [0.29, 0.717) is 12.1 Å². The van der Waals surface area contributed by atoms with Crippen LogP contribution in [0, 0.1) is 0 Å². The highest BCUT2D eigenvalue weighted by Gasteiger charge is 2.33. The van der Waals surface area contributed by atoms with E-state index in [9.17, 15) is 19.2 Å². The van der Waals surface area contributed by atoms with Crippen LogP contribution in [0.1, 0.15) is 93.0 Å². The van der Waals surface area contributed by atoms with Crippen molar-refractivity contribution in [1.29, 1.82) is 0 Å². The molecule has 256 valence electrons. The first-order chi connectivity index (χ1) is 23.4. The van der Waals surface area contributed by atoms with Crippen molar-refractivity contribution in [3.63, 3.8) is 0 Å². The number of amides is 2. The summed E-state index contributed by atoms with van der Waals surface area (Å²) in [5, 5.41) is 1.24. The second-order valence-electron chi connectivity index (χ2n) is 12.8. The summed E-state index contributed by atoms with van der Waals surface area (Å²) >= 11 is 0. The van der Waals surface area contributed by atoms with Crippen molar-refractivity contribution in [3.8, 4) is 0 Å². The van der Waals surface area contributed by atoms with Gasteiger partial charge in [-0.2, -0.15) is 0 Å². The third-order valence-electron chi connectivity index (χ3n) is 7.88. The van der Waals surface area contributed by atoms with E-state index in [1.165, 1.54) is 5.01 Å². The first kappa shape index (κ1) is 36.6. The molecule has 49 heavy (non-hydrogen) atoms. The standard InChI is InChI=1S/C40H45N3O6/c1-6-7-16-27-42(41)36(44)28(2)29-23-25-32(26-24-29)43(37(45)39(47)49-40(3,4)5)34-22-15-14-21-33(34)38(46)48-35(30-17-10-8-11-18-30)31-19-12-9-13-20-31/h8-15,17-26,28,35H,6-7,16,27,41H2,1-5H3. The van der Waals surface area contributed by atoms with Gasteiger partial charge in [0.15, 0.2) is 6.10 Å². The molecule has 0 spiro atoms. The summed E-state index contributed by atoms with van der Waals surface area (Å²) < 4.78 is 11.6. The van der Waals surface area contributed by atoms with Crippen molar-refractivity contribution in [1.82, 2.24) is 5.01 Å². The van der Waals surface area contributed by atoms with Crippen molar-refractivity contribution in [3.05, 3.63) is 131 Å². The minimum Gasteiger partial charge on any atom is -0.453 e. The first-order valence-electron chi connectivity index (χ1n) is 16.5. The highest BCUT2D eigenvalue weighted by Crippen LogP contribution is 2.34. The third kappa shape index (κ3) is 9.64. The Labute approximate surface area is 288 Å². The zero-order valence-electron chi connectivity index (χ0n) is 28.8. The second-order valence-corrected chi connectivity index (χ2v) is 12.8. The van der Waals surface area contributed by atoms with Crippen LogP contribution >= 0.6 is 0 Å². The van der Waals surface area contributed by atoms with Crippen molar-refractivity contribution >= 4 is 35.1 Å². The molecule has 4 aromatic rings. The molecule has 0 bridgehead atoms. The Morgan fingerprint density at radius 3 is 1.84 bits per heavy atom. The predicted molar refractivity (Wildman–Crippen MR) is 190 cm³/mol. The molecular weight excluding hydrogens is 618 g/mol. The molecule has 0 fully saturated rings. The number of rotatable bonds is 12. The van der Waals surface area contributed by atoms with E-state index >= 15 is 0 Å². The Balaban J connectivity index is 1.72. The molecule has 0 heterocycles. The van der Waals surface area contributed by atoms with Crippen LogP contribution in [0.4, 0.5) is 11.4 Å². The summed E-state index contributed by atoms with van der Waals surface area (Å²) in [4.78, 5) is 55.4. The van der Waals surface area contributed by atoms with Crippen molar-refractivity contribution in [2.45, 2.75) is 71.5 Å². The number of hydrazine groups is 1.